The molecular weight excluding hydrogens is 408 g/mol. The molecule has 4 rings (SSSR count). The molecule has 2 aromatic carbocycles. The molecule has 0 aliphatic heterocycles. The van der Waals surface area contributed by atoms with Crippen LogP contribution in [-0.2, 0) is 18.3 Å². The van der Waals surface area contributed by atoms with E-state index in [1.165, 1.54) is 5.56 Å². The summed E-state index contributed by atoms with van der Waals surface area (Å²) >= 11 is 1.56. The first-order valence-electron chi connectivity index (χ1n) is 10.3. The van der Waals surface area contributed by atoms with Crippen LogP contribution < -0.4 is 10.3 Å². The molecule has 0 bridgehead atoms. The van der Waals surface area contributed by atoms with Crippen LogP contribution in [0, 0.1) is 5.92 Å². The maximum absolute atomic E-state index is 12.9. The topological polar surface area (TPSA) is 53.2 Å². The second kappa shape index (κ2) is 9.02. The van der Waals surface area contributed by atoms with E-state index in [-0.39, 0.29) is 23.2 Å². The van der Waals surface area contributed by atoms with Gasteiger partial charge in [-0.1, -0.05) is 30.3 Å². The number of nitrogens with zero attached hydrogens (tertiary/aromatic N) is 2. The lowest BCUT2D eigenvalue weighted by atomic mass is 10.1. The lowest BCUT2D eigenvalue weighted by molar-refractivity contribution is -0.115. The fourth-order valence-electron chi connectivity index (χ4n) is 3.96. The summed E-state index contributed by atoms with van der Waals surface area (Å²) in [4.78, 5) is 26.4. The first-order chi connectivity index (χ1) is 15.0. The van der Waals surface area contributed by atoms with Gasteiger partial charge in [0.05, 0.1) is 12.8 Å². The largest absolute Gasteiger partial charge is 0.497 e. The summed E-state index contributed by atoms with van der Waals surface area (Å²) in [5.74, 6) is 1.30. The Balaban J connectivity index is 1.48. The molecular formula is C25H26N2O3S. The van der Waals surface area contributed by atoms with E-state index in [2.05, 4.69) is 0 Å². The van der Waals surface area contributed by atoms with Crippen LogP contribution in [0.3, 0.4) is 0 Å². The summed E-state index contributed by atoms with van der Waals surface area (Å²) in [6.07, 6.45) is 5.17. The summed E-state index contributed by atoms with van der Waals surface area (Å²) in [6, 6.07) is 19.2. The third-order valence-electron chi connectivity index (χ3n) is 5.84. The zero-order chi connectivity index (χ0) is 22.0. The van der Waals surface area contributed by atoms with Gasteiger partial charge < -0.3 is 4.74 Å². The minimum Gasteiger partial charge on any atom is -0.497 e. The predicted octanol–water partition coefficient (Wildman–Crippen LogP) is 4.35. The van der Waals surface area contributed by atoms with Crippen molar-refractivity contribution in [3.05, 3.63) is 93.3 Å². The van der Waals surface area contributed by atoms with Crippen molar-refractivity contribution in [3.63, 3.8) is 0 Å². The average molecular weight is 435 g/mol. The molecule has 0 amide bonds. The number of para-hydroxylation sites is 1. The Morgan fingerprint density at radius 2 is 1.87 bits per heavy atom. The second-order valence-electron chi connectivity index (χ2n) is 7.76. The first kappa shape index (κ1) is 21.2. The summed E-state index contributed by atoms with van der Waals surface area (Å²) in [5, 5.41) is 0. The van der Waals surface area contributed by atoms with E-state index >= 15 is 0 Å². The molecule has 0 radical (unpaired) electrons. The fraction of sp³-hybridized carbons (Fsp3) is 0.280. The van der Waals surface area contributed by atoms with Crippen molar-refractivity contribution < 1.29 is 9.53 Å². The highest BCUT2D eigenvalue weighted by molar-refractivity contribution is 8.02. The number of thioether (sulfide) groups is 1. The smallest absolute Gasteiger partial charge is 0.271 e. The van der Waals surface area contributed by atoms with Crippen LogP contribution in [0.25, 0.3) is 5.69 Å². The van der Waals surface area contributed by atoms with E-state index < -0.39 is 0 Å². The van der Waals surface area contributed by atoms with Crippen molar-refractivity contribution in [1.82, 2.24) is 9.36 Å². The Bertz CT molecular complexity index is 1160. The van der Waals surface area contributed by atoms with Gasteiger partial charge in [-0.15, -0.1) is 11.8 Å². The molecule has 1 fully saturated rings. The van der Waals surface area contributed by atoms with Crippen molar-refractivity contribution in [1.29, 1.82) is 0 Å². The number of hydrogen-bond acceptors (Lipinski definition) is 4. The Kier molecular flexibility index (Phi) is 6.18. The summed E-state index contributed by atoms with van der Waals surface area (Å²) in [5.41, 5.74) is 2.81. The van der Waals surface area contributed by atoms with Gasteiger partial charge in [0, 0.05) is 31.1 Å². The first-order valence-corrected chi connectivity index (χ1v) is 11.5. The number of benzene rings is 2. The van der Waals surface area contributed by atoms with Gasteiger partial charge in [0.25, 0.3) is 5.56 Å². The Hall–Kier alpha value is -2.99. The van der Waals surface area contributed by atoms with Crippen LogP contribution in [0.2, 0.25) is 0 Å². The van der Waals surface area contributed by atoms with E-state index in [9.17, 15) is 9.59 Å². The molecule has 160 valence electrons. The molecule has 0 spiro atoms. The molecule has 1 aliphatic carbocycles. The lowest BCUT2D eigenvalue weighted by Gasteiger charge is -2.11. The molecule has 2 unspecified atom stereocenters. The lowest BCUT2D eigenvalue weighted by Crippen LogP contribution is -2.19. The molecule has 1 saturated carbocycles. The quantitative estimate of drug-likeness (QED) is 0.495. The Morgan fingerprint density at radius 3 is 2.52 bits per heavy atom. The minimum absolute atomic E-state index is 0.0354. The minimum atomic E-state index is -0.0720. The molecule has 6 heteroatoms. The highest BCUT2D eigenvalue weighted by Crippen LogP contribution is 2.48. The monoisotopic (exact) mass is 434 g/mol. The van der Waals surface area contributed by atoms with Crippen molar-refractivity contribution >= 4 is 17.5 Å². The molecule has 31 heavy (non-hydrogen) atoms. The van der Waals surface area contributed by atoms with Crippen molar-refractivity contribution in [2.24, 2.45) is 13.0 Å². The number of rotatable bonds is 8. The molecule has 1 aromatic heterocycles. The fourth-order valence-corrected chi connectivity index (χ4v) is 4.49. The van der Waals surface area contributed by atoms with Gasteiger partial charge in [-0.05, 0) is 59.4 Å². The molecule has 2 atom stereocenters. The standard InChI is InChI=1S/C25H26N2O3S/c1-26-19(14-25(29)27(26)18-7-5-4-6-8-18)13-21(31-3)15-24(28)23-16-22(23)17-9-11-20(30-2)12-10-17/h4-12,14-15,22-23H,13,16H2,1-3H3/b21-15-. The van der Waals surface area contributed by atoms with Crippen LogP contribution >= 0.6 is 11.8 Å². The van der Waals surface area contributed by atoms with E-state index in [4.69, 9.17) is 4.74 Å². The normalized spacial score (nSPS) is 18.1. The number of methoxy groups -OCH3 is 1. The van der Waals surface area contributed by atoms with Crippen molar-refractivity contribution in [2.75, 3.05) is 13.4 Å². The van der Waals surface area contributed by atoms with Gasteiger partial charge in [0.15, 0.2) is 5.78 Å². The summed E-state index contributed by atoms with van der Waals surface area (Å²) in [7, 11) is 3.53. The van der Waals surface area contributed by atoms with Gasteiger partial charge in [0.2, 0.25) is 0 Å². The van der Waals surface area contributed by atoms with Crippen LogP contribution in [0.1, 0.15) is 23.6 Å². The average Bonchev–Trinajstić information content (AvgIpc) is 3.54. The van der Waals surface area contributed by atoms with Gasteiger partial charge in [-0.25, -0.2) is 4.68 Å². The van der Waals surface area contributed by atoms with Crippen molar-refractivity contribution in [3.8, 4) is 11.4 Å². The van der Waals surface area contributed by atoms with E-state index in [1.807, 2.05) is 72.6 Å². The highest BCUT2D eigenvalue weighted by atomic mass is 32.2. The maximum Gasteiger partial charge on any atom is 0.271 e. The number of carbonyl (C=O) groups is 1. The van der Waals surface area contributed by atoms with Crippen LogP contribution in [0.4, 0.5) is 0 Å². The Labute approximate surface area is 186 Å². The summed E-state index contributed by atoms with van der Waals surface area (Å²) < 4.78 is 8.72. The number of carbonyl (C=O) groups excluding carboxylic acids is 1. The number of ketones is 1. The number of hydrogen-bond donors (Lipinski definition) is 0. The zero-order valence-corrected chi connectivity index (χ0v) is 18.8. The van der Waals surface area contributed by atoms with Crippen molar-refractivity contribution in [2.45, 2.75) is 18.8 Å². The van der Waals surface area contributed by atoms with Crippen LogP contribution in [-0.4, -0.2) is 28.5 Å². The SMILES string of the molecule is COc1ccc(C2CC2C(=O)/C=C(/Cc2cc(=O)n(-c3ccccc3)n2C)SC)cc1. The highest BCUT2D eigenvalue weighted by Gasteiger charge is 2.42. The van der Waals surface area contributed by atoms with Gasteiger partial charge in [0.1, 0.15) is 5.75 Å². The molecule has 5 nitrogen and oxygen atoms in total. The molecule has 0 N–H and O–H groups in total. The number of allylic oxidation sites excluding steroid dienone is 2. The molecule has 1 aliphatic rings. The third-order valence-corrected chi connectivity index (χ3v) is 6.62. The van der Waals surface area contributed by atoms with Crippen LogP contribution in [0.5, 0.6) is 5.75 Å². The van der Waals surface area contributed by atoms with Gasteiger partial charge in [-0.3, -0.25) is 14.3 Å². The predicted molar refractivity (Wildman–Crippen MR) is 125 cm³/mol. The molecule has 1 heterocycles. The maximum atomic E-state index is 12.9. The van der Waals surface area contributed by atoms with E-state index in [0.29, 0.717) is 6.42 Å². The van der Waals surface area contributed by atoms with Gasteiger partial charge in [-0.2, -0.15) is 0 Å². The number of aromatic nitrogens is 2. The van der Waals surface area contributed by atoms with Crippen LogP contribution in [0.15, 0.2) is 76.4 Å². The second-order valence-corrected chi connectivity index (χ2v) is 8.69. The Morgan fingerprint density at radius 1 is 1.16 bits per heavy atom. The zero-order valence-electron chi connectivity index (χ0n) is 17.9. The van der Waals surface area contributed by atoms with E-state index in [0.717, 1.165) is 28.5 Å². The van der Waals surface area contributed by atoms with E-state index in [1.54, 1.807) is 35.7 Å². The molecule has 0 saturated heterocycles. The molecule has 3 aromatic rings. The van der Waals surface area contributed by atoms with Gasteiger partial charge >= 0.3 is 0 Å². The third kappa shape index (κ3) is 4.54. The number of ether oxygens (including phenoxy) is 1. The summed E-state index contributed by atoms with van der Waals surface area (Å²) in [6.45, 7) is 0.